The standard InChI is InChI=1S/C15H17N5O/c1-9-4-10(2)6-11(5-9)21-8-13-18-14(16)12-7-17-20(3)15(12)19-13/h4-7H,8H2,1-3H3,(H2,16,18,19). The normalized spacial score (nSPS) is 11.0. The summed E-state index contributed by atoms with van der Waals surface area (Å²) in [6, 6.07) is 6.07. The molecule has 1 aromatic carbocycles. The van der Waals surface area contributed by atoms with Crippen LogP contribution in [-0.2, 0) is 13.7 Å². The summed E-state index contributed by atoms with van der Waals surface area (Å²) >= 11 is 0. The molecule has 2 N–H and O–H groups in total. The van der Waals surface area contributed by atoms with E-state index >= 15 is 0 Å². The first-order chi connectivity index (χ1) is 10.0. The van der Waals surface area contributed by atoms with Crippen LogP contribution in [0.5, 0.6) is 5.75 Å². The van der Waals surface area contributed by atoms with E-state index in [1.807, 2.05) is 33.0 Å². The third-order valence-corrected chi connectivity index (χ3v) is 3.23. The Labute approximate surface area is 122 Å². The van der Waals surface area contributed by atoms with Crippen molar-refractivity contribution in [3.63, 3.8) is 0 Å². The van der Waals surface area contributed by atoms with Gasteiger partial charge in [-0.1, -0.05) is 6.07 Å². The van der Waals surface area contributed by atoms with E-state index in [9.17, 15) is 0 Å². The second kappa shape index (κ2) is 5.05. The molecule has 2 heterocycles. The van der Waals surface area contributed by atoms with E-state index in [1.54, 1.807) is 10.9 Å². The van der Waals surface area contributed by atoms with Gasteiger partial charge in [0, 0.05) is 7.05 Å². The summed E-state index contributed by atoms with van der Waals surface area (Å²) in [5.41, 5.74) is 8.96. The molecule has 3 aromatic rings. The molecule has 0 aliphatic carbocycles. The zero-order valence-electron chi connectivity index (χ0n) is 12.3. The summed E-state index contributed by atoms with van der Waals surface area (Å²) in [6.07, 6.45) is 1.67. The average molecular weight is 283 g/mol. The molecule has 6 nitrogen and oxygen atoms in total. The van der Waals surface area contributed by atoms with Gasteiger partial charge < -0.3 is 10.5 Å². The molecule has 0 unspecified atom stereocenters. The van der Waals surface area contributed by atoms with E-state index in [2.05, 4.69) is 21.1 Å². The molecule has 0 aliphatic heterocycles. The van der Waals surface area contributed by atoms with Crippen molar-refractivity contribution < 1.29 is 4.74 Å². The van der Waals surface area contributed by atoms with Gasteiger partial charge in [0.25, 0.3) is 0 Å². The summed E-state index contributed by atoms with van der Waals surface area (Å²) < 4.78 is 7.44. The summed E-state index contributed by atoms with van der Waals surface area (Å²) in [4.78, 5) is 8.70. The molecule has 6 heteroatoms. The molecule has 0 bridgehead atoms. The van der Waals surface area contributed by atoms with E-state index in [0.29, 0.717) is 17.3 Å². The molecule has 2 aromatic heterocycles. The van der Waals surface area contributed by atoms with Gasteiger partial charge in [0.05, 0.1) is 11.6 Å². The van der Waals surface area contributed by atoms with Crippen molar-refractivity contribution >= 4 is 16.9 Å². The first kappa shape index (κ1) is 13.4. The molecular weight excluding hydrogens is 266 g/mol. The van der Waals surface area contributed by atoms with Crippen LogP contribution in [-0.4, -0.2) is 19.7 Å². The molecule has 108 valence electrons. The topological polar surface area (TPSA) is 78.9 Å². The third kappa shape index (κ3) is 2.65. The number of hydrogen-bond donors (Lipinski definition) is 1. The average Bonchev–Trinajstić information content (AvgIpc) is 2.78. The number of anilines is 1. The van der Waals surface area contributed by atoms with Crippen molar-refractivity contribution in [2.45, 2.75) is 20.5 Å². The summed E-state index contributed by atoms with van der Waals surface area (Å²) in [5, 5.41) is 4.89. The smallest absolute Gasteiger partial charge is 0.170 e. The molecule has 3 rings (SSSR count). The van der Waals surface area contributed by atoms with Gasteiger partial charge in [0.15, 0.2) is 11.5 Å². The van der Waals surface area contributed by atoms with Crippen molar-refractivity contribution in [3.05, 3.63) is 41.3 Å². The van der Waals surface area contributed by atoms with Crippen LogP contribution in [0, 0.1) is 13.8 Å². The quantitative estimate of drug-likeness (QED) is 0.796. The minimum Gasteiger partial charge on any atom is -0.486 e. The van der Waals surface area contributed by atoms with E-state index in [0.717, 1.165) is 22.3 Å². The van der Waals surface area contributed by atoms with Crippen LogP contribution in [0.25, 0.3) is 11.0 Å². The van der Waals surface area contributed by atoms with Crippen LogP contribution in [0.2, 0.25) is 0 Å². The summed E-state index contributed by atoms with van der Waals surface area (Å²) in [5.74, 6) is 1.77. The highest BCUT2D eigenvalue weighted by Crippen LogP contribution is 2.19. The molecule has 0 fully saturated rings. The van der Waals surface area contributed by atoms with Gasteiger partial charge in [-0.15, -0.1) is 0 Å². The predicted octanol–water partition coefficient (Wildman–Crippen LogP) is 2.14. The number of nitrogen functional groups attached to an aromatic ring is 1. The van der Waals surface area contributed by atoms with Gasteiger partial charge in [-0.25, -0.2) is 9.97 Å². The largest absolute Gasteiger partial charge is 0.486 e. The fourth-order valence-corrected chi connectivity index (χ4v) is 2.32. The Balaban J connectivity index is 1.86. The van der Waals surface area contributed by atoms with Gasteiger partial charge in [-0.2, -0.15) is 5.10 Å². The van der Waals surface area contributed by atoms with Crippen LogP contribution in [0.1, 0.15) is 17.0 Å². The van der Waals surface area contributed by atoms with Gasteiger partial charge in [0.2, 0.25) is 0 Å². The second-order valence-electron chi connectivity index (χ2n) is 5.14. The number of nitrogens with zero attached hydrogens (tertiary/aromatic N) is 4. The predicted molar refractivity (Wildman–Crippen MR) is 81.0 cm³/mol. The first-order valence-corrected chi connectivity index (χ1v) is 6.68. The first-order valence-electron chi connectivity index (χ1n) is 6.68. The SMILES string of the molecule is Cc1cc(C)cc(OCc2nc(N)c3cnn(C)c3n2)c1. The number of ether oxygens (including phenoxy) is 1. The van der Waals surface area contributed by atoms with Crippen molar-refractivity contribution in [1.29, 1.82) is 0 Å². The van der Waals surface area contributed by atoms with Crippen molar-refractivity contribution in [3.8, 4) is 5.75 Å². The second-order valence-corrected chi connectivity index (χ2v) is 5.14. The molecule has 0 aliphatic rings. The number of benzene rings is 1. The monoisotopic (exact) mass is 283 g/mol. The molecule has 0 saturated heterocycles. The van der Waals surface area contributed by atoms with Crippen LogP contribution in [0.3, 0.4) is 0 Å². The lowest BCUT2D eigenvalue weighted by Crippen LogP contribution is -2.06. The number of hydrogen-bond acceptors (Lipinski definition) is 5. The van der Waals surface area contributed by atoms with Crippen molar-refractivity contribution in [2.24, 2.45) is 7.05 Å². The zero-order valence-corrected chi connectivity index (χ0v) is 12.3. The lowest BCUT2D eigenvalue weighted by atomic mass is 10.1. The number of aromatic nitrogens is 4. The number of fused-ring (bicyclic) bond motifs is 1. The maximum atomic E-state index is 5.93. The lowest BCUT2D eigenvalue weighted by Gasteiger charge is -2.08. The Morgan fingerprint density at radius 1 is 1.14 bits per heavy atom. The van der Waals surface area contributed by atoms with Crippen LogP contribution in [0.4, 0.5) is 5.82 Å². The maximum absolute atomic E-state index is 5.93. The Kier molecular flexibility index (Phi) is 3.21. The van der Waals surface area contributed by atoms with E-state index in [-0.39, 0.29) is 6.61 Å². The van der Waals surface area contributed by atoms with Crippen LogP contribution < -0.4 is 10.5 Å². The van der Waals surface area contributed by atoms with E-state index < -0.39 is 0 Å². The van der Waals surface area contributed by atoms with Crippen LogP contribution in [0.15, 0.2) is 24.4 Å². The van der Waals surface area contributed by atoms with Gasteiger partial charge in [0.1, 0.15) is 18.2 Å². The molecule has 0 saturated carbocycles. The Bertz CT molecular complexity index is 789. The fourth-order valence-electron chi connectivity index (χ4n) is 2.32. The molecule has 0 spiro atoms. The minimum atomic E-state index is 0.272. The fraction of sp³-hybridized carbons (Fsp3) is 0.267. The number of rotatable bonds is 3. The summed E-state index contributed by atoms with van der Waals surface area (Å²) in [7, 11) is 1.82. The molecule has 0 atom stereocenters. The Morgan fingerprint density at radius 3 is 2.57 bits per heavy atom. The van der Waals surface area contributed by atoms with Crippen molar-refractivity contribution in [2.75, 3.05) is 5.73 Å². The van der Waals surface area contributed by atoms with E-state index in [4.69, 9.17) is 10.5 Å². The zero-order chi connectivity index (χ0) is 15.0. The van der Waals surface area contributed by atoms with Gasteiger partial charge >= 0.3 is 0 Å². The Hall–Kier alpha value is -2.63. The summed E-state index contributed by atoms with van der Waals surface area (Å²) in [6.45, 7) is 4.35. The van der Waals surface area contributed by atoms with Gasteiger partial charge in [-0.05, 0) is 37.1 Å². The minimum absolute atomic E-state index is 0.272. The highest BCUT2D eigenvalue weighted by molar-refractivity contribution is 5.84. The molecule has 21 heavy (non-hydrogen) atoms. The number of aryl methyl sites for hydroxylation is 3. The van der Waals surface area contributed by atoms with Crippen molar-refractivity contribution in [1.82, 2.24) is 19.7 Å². The molecular formula is C15H17N5O. The Morgan fingerprint density at radius 2 is 1.86 bits per heavy atom. The third-order valence-electron chi connectivity index (χ3n) is 3.23. The van der Waals surface area contributed by atoms with Crippen LogP contribution >= 0.6 is 0 Å². The molecule has 0 amide bonds. The highest BCUT2D eigenvalue weighted by atomic mass is 16.5. The lowest BCUT2D eigenvalue weighted by molar-refractivity contribution is 0.296. The molecule has 0 radical (unpaired) electrons. The maximum Gasteiger partial charge on any atom is 0.170 e. The highest BCUT2D eigenvalue weighted by Gasteiger charge is 2.09. The van der Waals surface area contributed by atoms with Gasteiger partial charge in [-0.3, -0.25) is 4.68 Å². The van der Waals surface area contributed by atoms with E-state index in [1.165, 1.54) is 0 Å². The number of nitrogens with two attached hydrogens (primary N) is 1.